The molecule has 0 aromatic carbocycles. The molecule has 0 saturated heterocycles. The fraction of sp³-hybridized carbons (Fsp3) is 0.444. The molecule has 0 aliphatic carbocycles. The molecule has 0 aliphatic rings. The van der Waals surface area contributed by atoms with Crippen LogP contribution < -0.4 is 4.90 Å². The highest BCUT2D eigenvalue weighted by molar-refractivity contribution is 5.85. The van der Waals surface area contributed by atoms with Gasteiger partial charge in [-0.3, -0.25) is 0 Å². The van der Waals surface area contributed by atoms with Crippen molar-refractivity contribution in [3.05, 3.63) is 12.0 Å². The highest BCUT2D eigenvalue weighted by Crippen LogP contribution is 2.15. The lowest BCUT2D eigenvalue weighted by molar-refractivity contribution is 0.0690. The van der Waals surface area contributed by atoms with Crippen LogP contribution in [0, 0.1) is 11.3 Å². The SMILES string of the molecule is CC(CC#N)N(C)c1nc(C(=O)O)co1. The topological polar surface area (TPSA) is 90.4 Å². The van der Waals surface area contributed by atoms with Crippen molar-refractivity contribution >= 4 is 12.0 Å². The van der Waals surface area contributed by atoms with Crippen molar-refractivity contribution in [3.8, 4) is 6.07 Å². The molecule has 6 nitrogen and oxygen atoms in total. The second kappa shape index (κ2) is 4.46. The van der Waals surface area contributed by atoms with E-state index in [9.17, 15) is 4.79 Å². The first-order valence-corrected chi connectivity index (χ1v) is 4.35. The summed E-state index contributed by atoms with van der Waals surface area (Å²) >= 11 is 0. The van der Waals surface area contributed by atoms with E-state index in [-0.39, 0.29) is 17.8 Å². The first-order chi connectivity index (χ1) is 7.06. The molecule has 0 amide bonds. The lowest BCUT2D eigenvalue weighted by atomic mass is 10.2. The molecule has 15 heavy (non-hydrogen) atoms. The van der Waals surface area contributed by atoms with Gasteiger partial charge in [0.25, 0.3) is 6.01 Å². The Morgan fingerprint density at radius 1 is 1.87 bits per heavy atom. The molecule has 0 spiro atoms. The van der Waals surface area contributed by atoms with E-state index in [0.717, 1.165) is 6.26 Å². The summed E-state index contributed by atoms with van der Waals surface area (Å²) in [7, 11) is 1.69. The van der Waals surface area contributed by atoms with Gasteiger partial charge in [-0.25, -0.2) is 4.79 Å². The molecule has 1 aromatic heterocycles. The molecule has 1 rings (SSSR count). The number of nitriles is 1. The zero-order valence-electron chi connectivity index (χ0n) is 8.47. The van der Waals surface area contributed by atoms with Gasteiger partial charge in [-0.1, -0.05) is 0 Å². The van der Waals surface area contributed by atoms with Crippen molar-refractivity contribution in [1.82, 2.24) is 4.98 Å². The number of hydrogen-bond acceptors (Lipinski definition) is 5. The average molecular weight is 209 g/mol. The lowest BCUT2D eigenvalue weighted by Gasteiger charge is -2.20. The van der Waals surface area contributed by atoms with E-state index in [4.69, 9.17) is 14.8 Å². The Labute approximate surface area is 86.7 Å². The number of carboxylic acids is 1. The highest BCUT2D eigenvalue weighted by atomic mass is 16.4. The Kier molecular flexibility index (Phi) is 3.29. The molecule has 1 N–H and O–H groups in total. The van der Waals surface area contributed by atoms with E-state index in [1.165, 1.54) is 0 Å². The minimum Gasteiger partial charge on any atom is -0.476 e. The molecule has 1 heterocycles. The number of aromatic carboxylic acids is 1. The molecule has 1 aromatic rings. The third-order valence-corrected chi connectivity index (χ3v) is 2.06. The van der Waals surface area contributed by atoms with Crippen molar-refractivity contribution in [2.24, 2.45) is 0 Å². The Bertz CT molecular complexity index is 394. The minimum absolute atomic E-state index is 0.0738. The van der Waals surface area contributed by atoms with Crippen LogP contribution in [-0.2, 0) is 0 Å². The third-order valence-electron chi connectivity index (χ3n) is 2.06. The van der Waals surface area contributed by atoms with Gasteiger partial charge in [0.15, 0.2) is 5.69 Å². The quantitative estimate of drug-likeness (QED) is 0.798. The van der Waals surface area contributed by atoms with Gasteiger partial charge in [-0.05, 0) is 6.92 Å². The maximum Gasteiger partial charge on any atom is 0.357 e. The van der Waals surface area contributed by atoms with Gasteiger partial charge in [-0.2, -0.15) is 10.2 Å². The van der Waals surface area contributed by atoms with Crippen molar-refractivity contribution in [3.63, 3.8) is 0 Å². The first-order valence-electron chi connectivity index (χ1n) is 4.35. The summed E-state index contributed by atoms with van der Waals surface area (Å²) in [6.07, 6.45) is 1.40. The number of oxazole rings is 1. The van der Waals surface area contributed by atoms with Crippen LogP contribution >= 0.6 is 0 Å². The Morgan fingerprint density at radius 2 is 2.53 bits per heavy atom. The summed E-state index contributed by atoms with van der Waals surface area (Å²) in [5.74, 6) is -1.13. The van der Waals surface area contributed by atoms with E-state index in [2.05, 4.69) is 4.98 Å². The second-order valence-electron chi connectivity index (χ2n) is 3.14. The summed E-state index contributed by atoms with van der Waals surface area (Å²) in [6.45, 7) is 1.83. The predicted molar refractivity (Wildman–Crippen MR) is 51.6 cm³/mol. The van der Waals surface area contributed by atoms with Crippen LogP contribution in [0.3, 0.4) is 0 Å². The second-order valence-corrected chi connectivity index (χ2v) is 3.14. The minimum atomic E-state index is -1.13. The fourth-order valence-electron chi connectivity index (χ4n) is 0.982. The van der Waals surface area contributed by atoms with Crippen LogP contribution in [0.15, 0.2) is 10.7 Å². The van der Waals surface area contributed by atoms with E-state index in [0.29, 0.717) is 6.42 Å². The Hall–Kier alpha value is -2.03. The number of hydrogen-bond donors (Lipinski definition) is 1. The highest BCUT2D eigenvalue weighted by Gasteiger charge is 2.17. The van der Waals surface area contributed by atoms with Crippen molar-refractivity contribution in [2.45, 2.75) is 19.4 Å². The molecule has 0 aliphatic heterocycles. The molecule has 1 unspecified atom stereocenters. The van der Waals surface area contributed by atoms with Crippen molar-refractivity contribution in [2.75, 3.05) is 11.9 Å². The van der Waals surface area contributed by atoms with Crippen LogP contribution in [-0.4, -0.2) is 29.1 Å². The summed E-state index contributed by atoms with van der Waals surface area (Å²) in [5, 5.41) is 17.1. The molecule has 0 fully saturated rings. The lowest BCUT2D eigenvalue weighted by Crippen LogP contribution is -2.28. The van der Waals surface area contributed by atoms with Gasteiger partial charge < -0.3 is 14.4 Å². The molecule has 0 bridgehead atoms. The number of aromatic nitrogens is 1. The zero-order valence-corrected chi connectivity index (χ0v) is 8.47. The number of anilines is 1. The van der Waals surface area contributed by atoms with Crippen LogP contribution in [0.5, 0.6) is 0 Å². The molecular formula is C9H11N3O3. The number of rotatable bonds is 4. The van der Waals surface area contributed by atoms with E-state index >= 15 is 0 Å². The van der Waals surface area contributed by atoms with Crippen LogP contribution in [0.25, 0.3) is 0 Å². The van der Waals surface area contributed by atoms with Crippen molar-refractivity contribution < 1.29 is 14.3 Å². The third kappa shape index (κ3) is 2.47. The van der Waals surface area contributed by atoms with Crippen LogP contribution in [0.2, 0.25) is 0 Å². The summed E-state index contributed by atoms with van der Waals surface area (Å²) in [4.78, 5) is 15.9. The molecule has 0 radical (unpaired) electrons. The summed E-state index contributed by atoms with van der Waals surface area (Å²) in [5.41, 5.74) is -0.138. The van der Waals surface area contributed by atoms with E-state index in [1.54, 1.807) is 11.9 Å². The largest absolute Gasteiger partial charge is 0.476 e. The van der Waals surface area contributed by atoms with Gasteiger partial charge in [0.05, 0.1) is 12.5 Å². The average Bonchev–Trinajstić information content (AvgIpc) is 2.65. The fourth-order valence-corrected chi connectivity index (χ4v) is 0.982. The predicted octanol–water partition coefficient (Wildman–Crippen LogP) is 1.11. The summed E-state index contributed by atoms with van der Waals surface area (Å²) in [6, 6.07) is 2.15. The molecule has 6 heteroatoms. The molecule has 1 atom stereocenters. The Balaban J connectivity index is 2.78. The smallest absolute Gasteiger partial charge is 0.357 e. The van der Waals surface area contributed by atoms with Gasteiger partial charge in [-0.15, -0.1) is 0 Å². The van der Waals surface area contributed by atoms with Crippen LogP contribution in [0.4, 0.5) is 6.01 Å². The van der Waals surface area contributed by atoms with Gasteiger partial charge >= 0.3 is 5.97 Å². The summed E-state index contributed by atoms with van der Waals surface area (Å²) < 4.78 is 4.98. The van der Waals surface area contributed by atoms with E-state index < -0.39 is 5.97 Å². The number of carboxylic acid groups (broad SMARTS) is 1. The first kappa shape index (κ1) is 11.0. The Morgan fingerprint density at radius 3 is 3.00 bits per heavy atom. The van der Waals surface area contributed by atoms with Gasteiger partial charge in [0, 0.05) is 13.1 Å². The molecule has 0 saturated carbocycles. The van der Waals surface area contributed by atoms with E-state index in [1.807, 2.05) is 13.0 Å². The van der Waals surface area contributed by atoms with Gasteiger partial charge in [0.1, 0.15) is 6.26 Å². The number of carbonyl (C=O) groups is 1. The molecule has 80 valence electrons. The van der Waals surface area contributed by atoms with Gasteiger partial charge in [0.2, 0.25) is 0 Å². The van der Waals surface area contributed by atoms with Crippen molar-refractivity contribution in [1.29, 1.82) is 5.26 Å². The van der Waals surface area contributed by atoms with Crippen LogP contribution in [0.1, 0.15) is 23.8 Å². The standard InChI is InChI=1S/C9H11N3O3/c1-6(3-4-10)12(2)9-11-7(5-15-9)8(13)14/h5-6H,3H2,1-2H3,(H,13,14). The molecular weight excluding hydrogens is 198 g/mol. The maximum atomic E-state index is 10.5. The monoisotopic (exact) mass is 209 g/mol. The normalized spacial score (nSPS) is 11.8. The number of nitrogens with zero attached hydrogens (tertiary/aromatic N) is 3. The zero-order chi connectivity index (χ0) is 11.4. The maximum absolute atomic E-state index is 10.5.